The Kier molecular flexibility index (Phi) is 4.91. The van der Waals surface area contributed by atoms with Crippen molar-refractivity contribution >= 4 is 49.4 Å². The normalized spacial score (nSPS) is 11.9. The molecule has 0 radical (unpaired) electrons. The molecule has 0 unspecified atom stereocenters. The van der Waals surface area contributed by atoms with Gasteiger partial charge in [-0.25, -0.2) is 0 Å². The van der Waals surface area contributed by atoms with Crippen LogP contribution in [-0.4, -0.2) is 23.6 Å². The van der Waals surface area contributed by atoms with Crippen LogP contribution in [0.3, 0.4) is 0 Å². The van der Waals surface area contributed by atoms with Crippen molar-refractivity contribution in [1.82, 2.24) is 4.57 Å². The summed E-state index contributed by atoms with van der Waals surface area (Å²) in [6, 6.07) is 7.33. The number of hydrogen-bond donors (Lipinski definition) is 0. The smallest absolute Gasteiger partial charge is 0.325 e. The minimum atomic E-state index is -0.410. The summed E-state index contributed by atoms with van der Waals surface area (Å²) in [6.07, 6.45) is 0. The van der Waals surface area contributed by atoms with Crippen LogP contribution in [-0.2, 0) is 16.1 Å². The van der Waals surface area contributed by atoms with E-state index >= 15 is 0 Å². The van der Waals surface area contributed by atoms with Crippen LogP contribution in [0, 0.1) is 13.8 Å². The van der Waals surface area contributed by atoms with Gasteiger partial charge in [0.2, 0.25) is 0 Å². The first-order valence-corrected chi connectivity index (χ1v) is 9.02. The van der Waals surface area contributed by atoms with Crippen molar-refractivity contribution in [2.45, 2.75) is 20.4 Å². The molecule has 0 N–H and O–H groups in total. The van der Waals surface area contributed by atoms with E-state index in [4.69, 9.17) is 9.15 Å². The van der Waals surface area contributed by atoms with E-state index in [9.17, 15) is 9.59 Å². The highest BCUT2D eigenvalue weighted by Crippen LogP contribution is 2.22. The number of nitrogens with zero attached hydrogens (tertiary/aromatic N) is 2. The minimum absolute atomic E-state index is 0.0202. The number of thiazole rings is 1. The Hall–Kier alpha value is -2.19. The van der Waals surface area contributed by atoms with Gasteiger partial charge in [0.1, 0.15) is 18.1 Å². The van der Waals surface area contributed by atoms with Crippen LogP contribution in [0.15, 0.2) is 38.1 Å². The number of esters is 1. The van der Waals surface area contributed by atoms with Crippen LogP contribution in [0.1, 0.15) is 21.9 Å². The first-order valence-electron chi connectivity index (χ1n) is 7.41. The van der Waals surface area contributed by atoms with Crippen molar-refractivity contribution in [2.24, 2.45) is 4.99 Å². The van der Waals surface area contributed by atoms with Gasteiger partial charge in [0.15, 0.2) is 4.80 Å². The van der Waals surface area contributed by atoms with Crippen molar-refractivity contribution < 1.29 is 18.7 Å². The van der Waals surface area contributed by atoms with Crippen molar-refractivity contribution in [3.05, 3.63) is 50.6 Å². The minimum Gasteiger partial charge on any atom is -0.468 e. The summed E-state index contributed by atoms with van der Waals surface area (Å²) in [5.74, 6) is 0.360. The molecule has 0 fully saturated rings. The average Bonchev–Trinajstić information content (AvgIpc) is 3.06. The van der Waals surface area contributed by atoms with E-state index in [0.717, 1.165) is 14.7 Å². The first-order chi connectivity index (χ1) is 11.9. The maximum atomic E-state index is 12.5. The van der Waals surface area contributed by atoms with Gasteiger partial charge >= 0.3 is 5.97 Å². The van der Waals surface area contributed by atoms with Crippen molar-refractivity contribution in [3.63, 3.8) is 0 Å². The zero-order valence-electron chi connectivity index (χ0n) is 13.8. The number of aryl methyl sites for hydroxylation is 2. The van der Waals surface area contributed by atoms with E-state index in [1.807, 2.05) is 18.2 Å². The molecular formula is C17H15BrN2O4S. The van der Waals surface area contributed by atoms with Gasteiger partial charge in [-0.05, 0) is 38.1 Å². The fourth-order valence-electron chi connectivity index (χ4n) is 2.47. The summed E-state index contributed by atoms with van der Waals surface area (Å²) in [6.45, 7) is 3.48. The molecule has 6 nitrogen and oxygen atoms in total. The van der Waals surface area contributed by atoms with Gasteiger partial charge in [-0.15, -0.1) is 0 Å². The molecular weight excluding hydrogens is 408 g/mol. The highest BCUT2D eigenvalue weighted by Gasteiger charge is 2.15. The second-order valence-electron chi connectivity index (χ2n) is 5.40. The van der Waals surface area contributed by atoms with Crippen molar-refractivity contribution in [1.29, 1.82) is 0 Å². The number of amides is 1. The summed E-state index contributed by atoms with van der Waals surface area (Å²) in [5, 5.41) is 0. The lowest BCUT2D eigenvalue weighted by atomic mass is 10.2. The van der Waals surface area contributed by atoms with Gasteiger partial charge in [0, 0.05) is 4.47 Å². The Bertz CT molecular complexity index is 1040. The Morgan fingerprint density at radius 3 is 2.72 bits per heavy atom. The third kappa shape index (κ3) is 3.59. The van der Waals surface area contributed by atoms with Gasteiger partial charge < -0.3 is 13.7 Å². The average molecular weight is 423 g/mol. The van der Waals surface area contributed by atoms with Crippen LogP contribution in [0.2, 0.25) is 0 Å². The second-order valence-corrected chi connectivity index (χ2v) is 7.33. The summed E-state index contributed by atoms with van der Waals surface area (Å²) in [4.78, 5) is 29.0. The van der Waals surface area contributed by atoms with Gasteiger partial charge in [-0.3, -0.25) is 9.59 Å². The standard InChI is InChI=1S/C17H15BrN2O4S/c1-9-6-12(10(2)24-9)16(22)19-17-20(8-15(21)23-3)13-5-4-11(18)7-14(13)25-17/h4-7H,8H2,1-3H3. The number of carbonyl (C=O) groups is 2. The Morgan fingerprint density at radius 1 is 1.32 bits per heavy atom. The number of aromatic nitrogens is 1. The molecule has 3 rings (SSSR count). The predicted molar refractivity (Wildman–Crippen MR) is 97.6 cm³/mol. The molecule has 0 aliphatic heterocycles. The first kappa shape index (κ1) is 17.6. The number of halogens is 1. The number of methoxy groups -OCH3 is 1. The molecule has 0 saturated carbocycles. The van der Waals surface area contributed by atoms with E-state index in [1.54, 1.807) is 24.5 Å². The summed E-state index contributed by atoms with van der Waals surface area (Å²) in [7, 11) is 1.33. The zero-order valence-corrected chi connectivity index (χ0v) is 16.2. The predicted octanol–water partition coefficient (Wildman–Crippen LogP) is 3.59. The van der Waals surface area contributed by atoms with E-state index in [2.05, 4.69) is 20.9 Å². The second kappa shape index (κ2) is 6.97. The topological polar surface area (TPSA) is 73.8 Å². The summed E-state index contributed by atoms with van der Waals surface area (Å²) < 4.78 is 13.6. The molecule has 0 spiro atoms. The SMILES string of the molecule is COC(=O)Cn1c(=NC(=O)c2cc(C)oc2C)sc2cc(Br)ccc21. The van der Waals surface area contributed by atoms with Crippen molar-refractivity contribution in [3.8, 4) is 0 Å². The van der Waals surface area contributed by atoms with E-state index in [-0.39, 0.29) is 6.54 Å². The lowest BCUT2D eigenvalue weighted by Gasteiger charge is -2.03. The molecule has 8 heteroatoms. The van der Waals surface area contributed by atoms with Gasteiger partial charge in [-0.1, -0.05) is 27.3 Å². The molecule has 0 aliphatic carbocycles. The molecule has 1 amide bonds. The number of fused-ring (bicyclic) bond motifs is 1. The molecule has 0 saturated heterocycles. The molecule has 25 heavy (non-hydrogen) atoms. The Morgan fingerprint density at radius 2 is 2.08 bits per heavy atom. The summed E-state index contributed by atoms with van der Waals surface area (Å²) >= 11 is 4.76. The summed E-state index contributed by atoms with van der Waals surface area (Å²) in [5.41, 5.74) is 1.23. The van der Waals surface area contributed by atoms with E-state index < -0.39 is 11.9 Å². The van der Waals surface area contributed by atoms with Crippen LogP contribution in [0.5, 0.6) is 0 Å². The molecule has 0 aliphatic rings. The Balaban J connectivity index is 2.16. The van der Waals surface area contributed by atoms with Crippen LogP contribution >= 0.6 is 27.3 Å². The van der Waals surface area contributed by atoms with E-state index in [0.29, 0.717) is 21.9 Å². The number of hydrogen-bond acceptors (Lipinski definition) is 5. The molecule has 0 bridgehead atoms. The van der Waals surface area contributed by atoms with Gasteiger partial charge in [-0.2, -0.15) is 4.99 Å². The lowest BCUT2D eigenvalue weighted by molar-refractivity contribution is -0.141. The number of ether oxygens (including phenoxy) is 1. The maximum absolute atomic E-state index is 12.5. The molecule has 0 atom stereocenters. The third-order valence-corrected chi connectivity index (χ3v) is 5.16. The number of carbonyl (C=O) groups excluding carboxylic acids is 2. The molecule has 2 heterocycles. The van der Waals surface area contributed by atoms with Crippen LogP contribution < -0.4 is 4.80 Å². The number of rotatable bonds is 3. The molecule has 1 aromatic carbocycles. The van der Waals surface area contributed by atoms with Crippen molar-refractivity contribution in [2.75, 3.05) is 7.11 Å². The van der Waals surface area contributed by atoms with Crippen LogP contribution in [0.25, 0.3) is 10.2 Å². The fourth-order valence-corrected chi connectivity index (χ4v) is 4.05. The Labute approximate surface area is 155 Å². The van der Waals surface area contributed by atoms with Gasteiger partial charge in [0.05, 0.1) is 22.9 Å². The van der Waals surface area contributed by atoms with E-state index in [1.165, 1.54) is 18.4 Å². The third-order valence-electron chi connectivity index (χ3n) is 3.63. The largest absolute Gasteiger partial charge is 0.468 e. The molecule has 2 aromatic heterocycles. The highest BCUT2D eigenvalue weighted by atomic mass is 79.9. The quantitative estimate of drug-likeness (QED) is 0.604. The van der Waals surface area contributed by atoms with Crippen LogP contribution in [0.4, 0.5) is 0 Å². The fraction of sp³-hybridized carbons (Fsp3) is 0.235. The number of benzene rings is 1. The number of furan rings is 1. The van der Waals surface area contributed by atoms with Gasteiger partial charge in [0.25, 0.3) is 5.91 Å². The molecule has 130 valence electrons. The lowest BCUT2D eigenvalue weighted by Crippen LogP contribution is -2.22. The molecule has 3 aromatic rings. The zero-order chi connectivity index (χ0) is 18.1. The maximum Gasteiger partial charge on any atom is 0.325 e. The highest BCUT2D eigenvalue weighted by molar-refractivity contribution is 9.10. The monoisotopic (exact) mass is 422 g/mol.